The number of hydrogen-bond donors (Lipinski definition) is 0. The Morgan fingerprint density at radius 1 is 1.15 bits per heavy atom. The highest BCUT2D eigenvalue weighted by Gasteiger charge is 2.15. The van der Waals surface area contributed by atoms with Crippen LogP contribution in [0.2, 0.25) is 0 Å². The molecule has 3 rings (SSSR count). The van der Waals surface area contributed by atoms with Gasteiger partial charge >= 0.3 is 6.61 Å². The van der Waals surface area contributed by atoms with Gasteiger partial charge in [-0.1, -0.05) is 17.3 Å². The molecule has 2 aromatic carbocycles. The lowest BCUT2D eigenvalue weighted by atomic mass is 10.2. The summed E-state index contributed by atoms with van der Waals surface area (Å²) in [7, 11) is 1.34. The predicted molar refractivity (Wildman–Crippen MR) is 88.9 cm³/mol. The monoisotopic (exact) mass is 382 g/mol. The summed E-state index contributed by atoms with van der Waals surface area (Å²) < 4.78 is 52.9. The van der Waals surface area contributed by atoms with Crippen LogP contribution in [0.3, 0.4) is 0 Å². The summed E-state index contributed by atoms with van der Waals surface area (Å²) in [5, 5.41) is 3.85. The predicted octanol–water partition coefficient (Wildman–Crippen LogP) is 4.78. The molecule has 9 heteroatoms. The summed E-state index contributed by atoms with van der Waals surface area (Å²) in [6.45, 7) is -2.96. The van der Waals surface area contributed by atoms with Gasteiger partial charge in [-0.2, -0.15) is 13.8 Å². The van der Waals surface area contributed by atoms with Crippen LogP contribution in [0, 0.1) is 5.82 Å². The van der Waals surface area contributed by atoms with E-state index in [0.717, 1.165) is 0 Å². The molecule has 0 radical (unpaired) electrons. The third-order valence-electron chi connectivity index (χ3n) is 3.29. The quantitative estimate of drug-likeness (QED) is 0.548. The smallest absolute Gasteiger partial charge is 0.387 e. The van der Waals surface area contributed by atoms with Crippen LogP contribution >= 0.6 is 11.8 Å². The first-order chi connectivity index (χ1) is 12.6. The van der Waals surface area contributed by atoms with Gasteiger partial charge in [-0.05, 0) is 30.3 Å². The maximum atomic E-state index is 13.6. The average Bonchev–Trinajstić information content (AvgIpc) is 3.10. The SMILES string of the molecule is COc1cc(-c2noc(CSc3ccccc3F)n2)ccc1OC(F)F. The van der Waals surface area contributed by atoms with E-state index in [-0.39, 0.29) is 28.9 Å². The highest BCUT2D eigenvalue weighted by Crippen LogP contribution is 2.33. The fourth-order valence-corrected chi connectivity index (χ4v) is 2.91. The summed E-state index contributed by atoms with van der Waals surface area (Å²) in [5.41, 5.74) is 0.509. The van der Waals surface area contributed by atoms with E-state index >= 15 is 0 Å². The fraction of sp³-hybridized carbons (Fsp3) is 0.176. The number of aromatic nitrogens is 2. The summed E-state index contributed by atoms with van der Waals surface area (Å²) in [6.07, 6.45) is 0. The van der Waals surface area contributed by atoms with E-state index < -0.39 is 6.61 Å². The minimum Gasteiger partial charge on any atom is -0.493 e. The first-order valence-corrected chi connectivity index (χ1v) is 8.38. The Bertz CT molecular complexity index is 889. The van der Waals surface area contributed by atoms with Gasteiger partial charge in [0.1, 0.15) is 5.82 Å². The van der Waals surface area contributed by atoms with E-state index in [4.69, 9.17) is 9.26 Å². The van der Waals surface area contributed by atoms with Gasteiger partial charge in [0.05, 0.1) is 12.9 Å². The van der Waals surface area contributed by atoms with Crippen molar-refractivity contribution in [2.45, 2.75) is 17.3 Å². The van der Waals surface area contributed by atoms with Gasteiger partial charge in [-0.3, -0.25) is 0 Å². The van der Waals surface area contributed by atoms with Gasteiger partial charge in [-0.25, -0.2) is 4.39 Å². The van der Waals surface area contributed by atoms with Crippen LogP contribution in [-0.2, 0) is 5.75 Å². The zero-order valence-electron chi connectivity index (χ0n) is 13.5. The van der Waals surface area contributed by atoms with E-state index in [0.29, 0.717) is 16.3 Å². The molecule has 0 fully saturated rings. The van der Waals surface area contributed by atoms with Gasteiger partial charge in [0.2, 0.25) is 11.7 Å². The number of methoxy groups -OCH3 is 1. The molecule has 0 aliphatic rings. The minimum absolute atomic E-state index is 0.0925. The Morgan fingerprint density at radius 2 is 1.96 bits per heavy atom. The molecule has 0 atom stereocenters. The minimum atomic E-state index is -2.96. The van der Waals surface area contributed by atoms with Crippen LogP contribution in [0.25, 0.3) is 11.4 Å². The highest BCUT2D eigenvalue weighted by molar-refractivity contribution is 7.98. The van der Waals surface area contributed by atoms with E-state index in [1.54, 1.807) is 18.2 Å². The Balaban J connectivity index is 1.74. The first-order valence-electron chi connectivity index (χ1n) is 7.40. The molecule has 0 N–H and O–H groups in total. The van der Waals surface area contributed by atoms with Crippen molar-refractivity contribution in [3.8, 4) is 22.9 Å². The molecule has 1 aromatic heterocycles. The Labute approximate surface area is 151 Å². The molecule has 5 nitrogen and oxygen atoms in total. The molecule has 0 saturated heterocycles. The molecular formula is C17H13F3N2O3S. The topological polar surface area (TPSA) is 57.4 Å². The Hall–Kier alpha value is -2.68. The number of thioether (sulfide) groups is 1. The summed E-state index contributed by atoms with van der Waals surface area (Å²) in [5.74, 6) is 0.560. The lowest BCUT2D eigenvalue weighted by Crippen LogP contribution is -2.03. The van der Waals surface area contributed by atoms with E-state index in [9.17, 15) is 13.2 Å². The van der Waals surface area contributed by atoms with E-state index in [1.165, 1.54) is 43.1 Å². The van der Waals surface area contributed by atoms with Crippen LogP contribution in [0.15, 0.2) is 51.9 Å². The third kappa shape index (κ3) is 4.29. The second kappa shape index (κ2) is 8.13. The van der Waals surface area contributed by atoms with Crippen molar-refractivity contribution >= 4 is 11.8 Å². The van der Waals surface area contributed by atoms with Crippen molar-refractivity contribution in [2.75, 3.05) is 7.11 Å². The molecule has 0 spiro atoms. The number of halogens is 3. The molecule has 26 heavy (non-hydrogen) atoms. The number of alkyl halides is 2. The zero-order chi connectivity index (χ0) is 18.5. The fourth-order valence-electron chi connectivity index (χ4n) is 2.13. The average molecular weight is 382 g/mol. The van der Waals surface area contributed by atoms with Gasteiger partial charge < -0.3 is 14.0 Å². The number of rotatable bonds is 7. The van der Waals surface area contributed by atoms with Crippen LogP contribution in [-0.4, -0.2) is 23.9 Å². The van der Waals surface area contributed by atoms with E-state index in [2.05, 4.69) is 14.9 Å². The van der Waals surface area contributed by atoms with Crippen molar-refractivity contribution < 1.29 is 27.2 Å². The van der Waals surface area contributed by atoms with Crippen molar-refractivity contribution in [1.29, 1.82) is 0 Å². The molecule has 1 heterocycles. The molecule has 0 aliphatic carbocycles. The largest absolute Gasteiger partial charge is 0.493 e. The molecule has 0 amide bonds. The van der Waals surface area contributed by atoms with Crippen molar-refractivity contribution in [1.82, 2.24) is 10.1 Å². The number of ether oxygens (including phenoxy) is 2. The summed E-state index contributed by atoms with van der Waals surface area (Å²) >= 11 is 1.23. The maximum Gasteiger partial charge on any atom is 0.387 e. The van der Waals surface area contributed by atoms with Crippen molar-refractivity contribution in [2.24, 2.45) is 0 Å². The Kier molecular flexibility index (Phi) is 5.67. The van der Waals surface area contributed by atoms with Crippen LogP contribution in [0.1, 0.15) is 5.89 Å². The molecule has 0 bridgehead atoms. The normalized spacial score (nSPS) is 11.0. The third-order valence-corrected chi connectivity index (χ3v) is 4.33. The zero-order valence-corrected chi connectivity index (χ0v) is 14.3. The standard InChI is InChI=1S/C17H13F3N2O3S/c1-23-13-8-10(6-7-12(13)24-17(19)20)16-21-15(25-22-16)9-26-14-5-3-2-4-11(14)18/h2-8,17H,9H2,1H3. The molecule has 3 aromatic rings. The number of nitrogens with zero attached hydrogens (tertiary/aromatic N) is 2. The first kappa shape index (κ1) is 18.1. The van der Waals surface area contributed by atoms with Gasteiger partial charge in [-0.15, -0.1) is 11.8 Å². The molecule has 136 valence electrons. The Morgan fingerprint density at radius 3 is 2.69 bits per heavy atom. The molecule has 0 aliphatic heterocycles. The second-order valence-electron chi connectivity index (χ2n) is 4.97. The summed E-state index contributed by atoms with van der Waals surface area (Å²) in [6, 6.07) is 10.7. The lowest BCUT2D eigenvalue weighted by Gasteiger charge is -2.10. The number of hydrogen-bond acceptors (Lipinski definition) is 6. The highest BCUT2D eigenvalue weighted by atomic mass is 32.2. The van der Waals surface area contributed by atoms with E-state index in [1.807, 2.05) is 0 Å². The molecule has 0 unspecified atom stereocenters. The molecule has 0 saturated carbocycles. The van der Waals surface area contributed by atoms with Crippen LogP contribution in [0.5, 0.6) is 11.5 Å². The van der Waals surface area contributed by atoms with Gasteiger partial charge in [0.15, 0.2) is 11.5 Å². The second-order valence-corrected chi connectivity index (χ2v) is 5.99. The number of benzene rings is 2. The van der Waals surface area contributed by atoms with Crippen LogP contribution < -0.4 is 9.47 Å². The van der Waals surface area contributed by atoms with Crippen LogP contribution in [0.4, 0.5) is 13.2 Å². The maximum absolute atomic E-state index is 13.6. The van der Waals surface area contributed by atoms with Crippen molar-refractivity contribution in [3.05, 3.63) is 54.2 Å². The van der Waals surface area contributed by atoms with Crippen molar-refractivity contribution in [3.63, 3.8) is 0 Å². The lowest BCUT2D eigenvalue weighted by molar-refractivity contribution is -0.0512. The molecular weight excluding hydrogens is 369 g/mol. The van der Waals surface area contributed by atoms with Gasteiger partial charge in [0, 0.05) is 10.5 Å². The summed E-state index contributed by atoms with van der Waals surface area (Å²) in [4.78, 5) is 4.70. The van der Waals surface area contributed by atoms with Gasteiger partial charge in [0.25, 0.3) is 0 Å².